The number of para-hydroxylation sites is 2. The molecule has 0 aliphatic rings. The topological polar surface area (TPSA) is 38.0 Å². The largest absolute Gasteiger partial charge is 0.319 e. The van der Waals surface area contributed by atoms with Gasteiger partial charge < -0.3 is 9.13 Å². The quantitative estimate of drug-likeness (QED) is 0.223. The highest BCUT2D eigenvalue weighted by Crippen LogP contribution is 2.40. The molecule has 5 aromatic carbocycles. The van der Waals surface area contributed by atoms with Crippen molar-refractivity contribution in [3.05, 3.63) is 125 Å². The van der Waals surface area contributed by atoms with E-state index in [9.17, 15) is 5.26 Å². The summed E-state index contributed by atoms with van der Waals surface area (Å²) in [5.74, 6) is 0. The van der Waals surface area contributed by atoms with Gasteiger partial charge in [-0.1, -0.05) is 59.7 Å². The van der Waals surface area contributed by atoms with Gasteiger partial charge in [-0.25, -0.2) is 4.85 Å². The molecule has 4 heteroatoms. The van der Waals surface area contributed by atoms with Crippen LogP contribution in [0.2, 0.25) is 0 Å². The lowest BCUT2D eigenvalue weighted by Gasteiger charge is -2.16. The number of nitriles is 1. The Morgan fingerprint density at radius 3 is 1.84 bits per heavy atom. The van der Waals surface area contributed by atoms with Gasteiger partial charge in [-0.05, 0) is 62.3 Å². The fourth-order valence-electron chi connectivity index (χ4n) is 5.69. The normalized spacial score (nSPS) is 12.9. The molecule has 0 unspecified atom stereocenters. The summed E-state index contributed by atoms with van der Waals surface area (Å²) < 4.78 is 27.8. The van der Waals surface area contributed by atoms with Crippen molar-refractivity contribution in [2.24, 2.45) is 0 Å². The Hall–Kier alpha value is -5.32. The number of rotatable bonds is 2. The molecular formula is C34H22N4. The van der Waals surface area contributed by atoms with Gasteiger partial charge >= 0.3 is 0 Å². The van der Waals surface area contributed by atoms with Crippen LogP contribution in [0.1, 0.15) is 20.8 Å². The zero-order valence-corrected chi connectivity index (χ0v) is 20.5. The third-order valence-electron chi connectivity index (χ3n) is 7.32. The lowest BCUT2D eigenvalue weighted by atomic mass is 10.1. The molecule has 2 aromatic heterocycles. The van der Waals surface area contributed by atoms with Crippen molar-refractivity contribution >= 4 is 49.3 Å². The molecule has 7 aromatic rings. The molecular weight excluding hydrogens is 464 g/mol. The first kappa shape index (κ1) is 18.9. The average molecular weight is 490 g/mol. The van der Waals surface area contributed by atoms with Crippen molar-refractivity contribution in [1.29, 1.82) is 5.26 Å². The van der Waals surface area contributed by atoms with Crippen LogP contribution >= 0.6 is 0 Å². The first-order valence-electron chi connectivity index (χ1n) is 13.8. The highest BCUT2D eigenvalue weighted by molar-refractivity contribution is 6.11. The maximum atomic E-state index is 10.4. The second kappa shape index (κ2) is 8.10. The first-order chi connectivity index (χ1) is 19.8. The molecule has 178 valence electrons. The van der Waals surface area contributed by atoms with E-state index in [4.69, 9.17) is 10.7 Å². The lowest BCUT2D eigenvalue weighted by Crippen LogP contribution is -2.01. The third kappa shape index (κ3) is 3.01. The van der Waals surface area contributed by atoms with Gasteiger partial charge in [0.2, 0.25) is 5.69 Å². The van der Waals surface area contributed by atoms with Gasteiger partial charge in [0.15, 0.2) is 0 Å². The van der Waals surface area contributed by atoms with E-state index >= 15 is 0 Å². The minimum Gasteiger partial charge on any atom is -0.319 e. The van der Waals surface area contributed by atoms with Gasteiger partial charge in [-0.15, -0.1) is 0 Å². The number of aryl methyl sites for hydroxylation is 2. The van der Waals surface area contributed by atoms with Crippen LogP contribution in [0.25, 0.3) is 59.8 Å². The van der Waals surface area contributed by atoms with Gasteiger partial charge in [0, 0.05) is 25.7 Å². The van der Waals surface area contributed by atoms with Crippen molar-refractivity contribution in [3.63, 3.8) is 0 Å². The number of benzene rings is 5. The van der Waals surface area contributed by atoms with Crippen LogP contribution in [0.3, 0.4) is 0 Å². The molecule has 0 saturated carbocycles. The Morgan fingerprint density at radius 2 is 1.24 bits per heavy atom. The Balaban J connectivity index is 1.56. The number of hydrogen-bond donors (Lipinski definition) is 0. The van der Waals surface area contributed by atoms with Gasteiger partial charge in [0.05, 0.1) is 45.6 Å². The smallest absolute Gasteiger partial charge is 0.212 e. The molecule has 0 amide bonds. The molecule has 38 heavy (non-hydrogen) atoms. The van der Waals surface area contributed by atoms with Crippen LogP contribution in [0.5, 0.6) is 0 Å². The standard InChI is InChI=1S/C34H22N4/c1-21-12-14-31-26(16-21)24-8-4-6-10-29(24)37(31)33-19-28(36-3)34(18-23(33)20-35)38-30-11-7-5-9-25(30)27-17-22(2)13-15-32(27)38/h4-19H,1-2H3/i2D3. The fourth-order valence-corrected chi connectivity index (χ4v) is 5.69. The van der Waals surface area contributed by atoms with E-state index in [1.54, 1.807) is 30.3 Å². The van der Waals surface area contributed by atoms with E-state index in [0.29, 0.717) is 22.6 Å². The monoisotopic (exact) mass is 489 g/mol. The molecule has 0 spiro atoms. The van der Waals surface area contributed by atoms with Gasteiger partial charge in [-0.2, -0.15) is 5.26 Å². The molecule has 0 aliphatic heterocycles. The summed E-state index contributed by atoms with van der Waals surface area (Å²) in [5.41, 5.74) is 6.97. The second-order valence-corrected chi connectivity index (χ2v) is 9.54. The summed E-state index contributed by atoms with van der Waals surface area (Å²) in [7, 11) is 0. The van der Waals surface area contributed by atoms with Gasteiger partial charge in [-0.3, -0.25) is 0 Å². The number of hydrogen-bond acceptors (Lipinski definition) is 1. The van der Waals surface area contributed by atoms with E-state index in [0.717, 1.165) is 49.2 Å². The summed E-state index contributed by atoms with van der Waals surface area (Å²) in [4.78, 5) is 3.93. The average Bonchev–Trinajstić information content (AvgIpc) is 3.48. The SMILES string of the molecule is [2H]C([2H])([2H])c1ccc2c(c1)c1ccccc1n2-c1cc(C#N)c(-n2c3ccccc3c3cc(C)ccc32)cc1[N+]#[C-]. The van der Waals surface area contributed by atoms with Crippen molar-refractivity contribution < 1.29 is 4.11 Å². The highest BCUT2D eigenvalue weighted by Gasteiger charge is 2.20. The van der Waals surface area contributed by atoms with Crippen LogP contribution in [0, 0.1) is 31.7 Å². The molecule has 0 aliphatic carbocycles. The van der Waals surface area contributed by atoms with E-state index < -0.39 is 6.85 Å². The summed E-state index contributed by atoms with van der Waals surface area (Å²) >= 11 is 0. The van der Waals surface area contributed by atoms with Crippen molar-refractivity contribution in [3.8, 4) is 17.4 Å². The third-order valence-corrected chi connectivity index (χ3v) is 7.32. The molecule has 0 radical (unpaired) electrons. The number of aromatic nitrogens is 2. The molecule has 7 rings (SSSR count). The molecule has 0 N–H and O–H groups in total. The molecule has 0 bridgehead atoms. The van der Waals surface area contributed by atoms with Crippen LogP contribution in [-0.4, -0.2) is 9.13 Å². The van der Waals surface area contributed by atoms with Crippen LogP contribution in [0.15, 0.2) is 97.1 Å². The molecule has 4 nitrogen and oxygen atoms in total. The zero-order valence-electron chi connectivity index (χ0n) is 23.5. The summed E-state index contributed by atoms with van der Waals surface area (Å²) in [6, 6.07) is 33.2. The molecule has 2 heterocycles. The molecule has 0 fully saturated rings. The van der Waals surface area contributed by atoms with E-state index in [1.165, 1.54) is 0 Å². The van der Waals surface area contributed by atoms with E-state index in [1.807, 2.05) is 47.0 Å². The van der Waals surface area contributed by atoms with Crippen molar-refractivity contribution in [1.82, 2.24) is 9.13 Å². The summed E-state index contributed by atoms with van der Waals surface area (Å²) in [5, 5.41) is 14.3. The van der Waals surface area contributed by atoms with Crippen LogP contribution < -0.4 is 0 Å². The number of nitrogens with zero attached hydrogens (tertiary/aromatic N) is 4. The Labute approximate surface area is 224 Å². The van der Waals surface area contributed by atoms with Gasteiger partial charge in [0.1, 0.15) is 6.07 Å². The maximum Gasteiger partial charge on any atom is 0.212 e. The minimum atomic E-state index is -2.24. The lowest BCUT2D eigenvalue weighted by molar-refractivity contribution is 1.14. The summed E-state index contributed by atoms with van der Waals surface area (Å²) in [6.07, 6.45) is 0. The maximum absolute atomic E-state index is 10.4. The minimum absolute atomic E-state index is 0.257. The Bertz CT molecular complexity index is 2290. The van der Waals surface area contributed by atoms with Gasteiger partial charge in [0.25, 0.3) is 0 Å². The van der Waals surface area contributed by atoms with E-state index in [-0.39, 0.29) is 5.56 Å². The Kier molecular flexibility index (Phi) is 4.02. The van der Waals surface area contributed by atoms with Crippen molar-refractivity contribution in [2.45, 2.75) is 13.8 Å². The predicted molar refractivity (Wildman–Crippen MR) is 156 cm³/mol. The Morgan fingerprint density at radius 1 is 0.684 bits per heavy atom. The van der Waals surface area contributed by atoms with Crippen LogP contribution in [0.4, 0.5) is 5.69 Å². The highest BCUT2D eigenvalue weighted by atomic mass is 15.0. The molecule has 0 saturated heterocycles. The zero-order chi connectivity index (χ0) is 28.5. The predicted octanol–water partition coefficient (Wildman–Crippen LogP) is 8.92. The fraction of sp³-hybridized carbons (Fsp3) is 0.0588. The van der Waals surface area contributed by atoms with E-state index in [2.05, 4.69) is 46.7 Å². The van der Waals surface area contributed by atoms with Crippen molar-refractivity contribution in [2.75, 3.05) is 0 Å². The number of fused-ring (bicyclic) bond motifs is 6. The van der Waals surface area contributed by atoms with Crippen LogP contribution in [-0.2, 0) is 0 Å². The second-order valence-electron chi connectivity index (χ2n) is 9.54. The summed E-state index contributed by atoms with van der Waals surface area (Å²) in [6.45, 7) is 7.99. The first-order valence-corrected chi connectivity index (χ1v) is 12.3. The molecule has 0 atom stereocenters.